The summed E-state index contributed by atoms with van der Waals surface area (Å²) in [6.45, 7) is 1.28. The van der Waals surface area contributed by atoms with E-state index in [4.69, 9.17) is 14.5 Å². The smallest absolute Gasteiger partial charge is 0.229 e. The zero-order valence-electron chi connectivity index (χ0n) is 19.4. The van der Waals surface area contributed by atoms with Crippen molar-refractivity contribution in [3.8, 4) is 22.8 Å². The van der Waals surface area contributed by atoms with E-state index in [1.54, 1.807) is 37.3 Å². The standard InChI is InChI=1S/C26H28N4O4/c1-33-20-9-10-23(34-2)22(14-20)30-15-18(13-25(30)31)26(32)27-19-7-5-6-17(12-19)21-16-29-11-4-3-8-24(29)28-21/h5-7,9-10,12,14,16,18H,3-4,8,11,13,15H2,1-2H3,(H,27,32). The third kappa shape index (κ3) is 4.23. The van der Waals surface area contributed by atoms with Crippen molar-refractivity contribution in [3.05, 3.63) is 54.5 Å². The Morgan fingerprint density at radius 1 is 1.12 bits per heavy atom. The molecule has 0 bridgehead atoms. The molecule has 8 heteroatoms. The second-order valence-corrected chi connectivity index (χ2v) is 8.71. The molecule has 2 aromatic carbocycles. The van der Waals surface area contributed by atoms with E-state index >= 15 is 0 Å². The normalized spacial score (nSPS) is 17.4. The number of rotatable bonds is 6. The number of carbonyl (C=O) groups excluding carboxylic acids is 2. The SMILES string of the molecule is COc1ccc(OC)c(N2CC(C(=O)Nc3cccc(-c4cn5c(n4)CCCC5)c3)CC2=O)c1. The van der Waals surface area contributed by atoms with Crippen LogP contribution in [0.3, 0.4) is 0 Å². The average molecular weight is 461 g/mol. The number of carbonyl (C=O) groups is 2. The molecule has 1 N–H and O–H groups in total. The number of benzene rings is 2. The van der Waals surface area contributed by atoms with Crippen LogP contribution in [0.4, 0.5) is 11.4 Å². The maximum Gasteiger partial charge on any atom is 0.229 e. The van der Waals surface area contributed by atoms with Gasteiger partial charge in [-0.25, -0.2) is 4.98 Å². The second kappa shape index (κ2) is 9.21. The summed E-state index contributed by atoms with van der Waals surface area (Å²) in [5, 5.41) is 2.99. The molecule has 176 valence electrons. The van der Waals surface area contributed by atoms with Crippen LogP contribution in [0, 0.1) is 5.92 Å². The highest BCUT2D eigenvalue weighted by molar-refractivity contribution is 6.04. The Balaban J connectivity index is 1.30. The van der Waals surface area contributed by atoms with E-state index in [1.165, 1.54) is 12.8 Å². The molecular weight excluding hydrogens is 432 g/mol. The van der Waals surface area contributed by atoms with Crippen LogP contribution in [0.2, 0.25) is 0 Å². The molecule has 2 aliphatic rings. The van der Waals surface area contributed by atoms with Gasteiger partial charge in [-0.15, -0.1) is 0 Å². The van der Waals surface area contributed by atoms with E-state index in [1.807, 2.05) is 24.3 Å². The number of anilines is 2. The molecule has 5 rings (SSSR count). The minimum atomic E-state index is -0.466. The molecule has 2 aliphatic heterocycles. The van der Waals surface area contributed by atoms with Gasteiger partial charge in [-0.05, 0) is 37.1 Å². The Kier molecular flexibility index (Phi) is 5.96. The molecule has 3 heterocycles. The largest absolute Gasteiger partial charge is 0.497 e. The van der Waals surface area contributed by atoms with E-state index in [2.05, 4.69) is 16.1 Å². The van der Waals surface area contributed by atoms with E-state index in [-0.39, 0.29) is 24.8 Å². The number of nitrogens with zero attached hydrogens (tertiary/aromatic N) is 3. The molecule has 1 atom stereocenters. The summed E-state index contributed by atoms with van der Waals surface area (Å²) in [4.78, 5) is 32.2. The van der Waals surface area contributed by atoms with Crippen molar-refractivity contribution in [2.24, 2.45) is 5.92 Å². The van der Waals surface area contributed by atoms with Gasteiger partial charge in [0.05, 0.1) is 31.5 Å². The van der Waals surface area contributed by atoms with Crippen molar-refractivity contribution in [2.75, 3.05) is 31.0 Å². The highest BCUT2D eigenvalue weighted by Gasteiger charge is 2.36. The molecule has 1 saturated heterocycles. The highest BCUT2D eigenvalue weighted by atomic mass is 16.5. The lowest BCUT2D eigenvalue weighted by Gasteiger charge is -2.20. The quantitative estimate of drug-likeness (QED) is 0.603. The number of aromatic nitrogens is 2. The van der Waals surface area contributed by atoms with Crippen LogP contribution in [0.25, 0.3) is 11.3 Å². The zero-order chi connectivity index (χ0) is 23.7. The fourth-order valence-electron chi connectivity index (χ4n) is 4.68. The number of hydrogen-bond acceptors (Lipinski definition) is 5. The van der Waals surface area contributed by atoms with Crippen LogP contribution in [-0.2, 0) is 22.6 Å². The predicted octanol–water partition coefficient (Wildman–Crippen LogP) is 3.90. The van der Waals surface area contributed by atoms with Crippen LogP contribution in [0.1, 0.15) is 25.1 Å². The van der Waals surface area contributed by atoms with Gasteiger partial charge in [0.15, 0.2) is 0 Å². The molecule has 34 heavy (non-hydrogen) atoms. The second-order valence-electron chi connectivity index (χ2n) is 8.71. The van der Waals surface area contributed by atoms with Crippen LogP contribution >= 0.6 is 0 Å². The number of hydrogen-bond donors (Lipinski definition) is 1. The van der Waals surface area contributed by atoms with Crippen molar-refractivity contribution in [2.45, 2.75) is 32.2 Å². The van der Waals surface area contributed by atoms with Gasteiger partial charge in [-0.3, -0.25) is 9.59 Å². The number of methoxy groups -OCH3 is 2. The van der Waals surface area contributed by atoms with Gasteiger partial charge in [-0.2, -0.15) is 0 Å². The van der Waals surface area contributed by atoms with Crippen molar-refractivity contribution in [1.29, 1.82) is 0 Å². The molecule has 3 aromatic rings. The molecule has 0 saturated carbocycles. The molecule has 1 aromatic heterocycles. The maximum absolute atomic E-state index is 13.1. The summed E-state index contributed by atoms with van der Waals surface area (Å²) < 4.78 is 12.9. The Labute approximate surface area is 198 Å². The lowest BCUT2D eigenvalue weighted by atomic mass is 10.1. The van der Waals surface area contributed by atoms with Crippen molar-refractivity contribution < 1.29 is 19.1 Å². The van der Waals surface area contributed by atoms with Crippen LogP contribution in [0.5, 0.6) is 11.5 Å². The van der Waals surface area contributed by atoms with E-state index in [0.717, 1.165) is 30.0 Å². The molecule has 8 nitrogen and oxygen atoms in total. The van der Waals surface area contributed by atoms with Crippen LogP contribution < -0.4 is 19.7 Å². The topological polar surface area (TPSA) is 85.7 Å². The number of imidazole rings is 1. The predicted molar refractivity (Wildman–Crippen MR) is 129 cm³/mol. The number of fused-ring (bicyclic) bond motifs is 1. The number of ether oxygens (including phenoxy) is 2. The van der Waals surface area contributed by atoms with Crippen molar-refractivity contribution in [3.63, 3.8) is 0 Å². The minimum absolute atomic E-state index is 0.121. The number of aryl methyl sites for hydroxylation is 2. The number of amides is 2. The molecule has 1 unspecified atom stereocenters. The summed E-state index contributed by atoms with van der Waals surface area (Å²) in [6, 6.07) is 13.0. The van der Waals surface area contributed by atoms with Gasteiger partial charge in [0.25, 0.3) is 0 Å². The molecular formula is C26H28N4O4. The van der Waals surface area contributed by atoms with Gasteiger partial charge < -0.3 is 24.3 Å². The van der Waals surface area contributed by atoms with E-state index < -0.39 is 5.92 Å². The lowest BCUT2D eigenvalue weighted by Crippen LogP contribution is -2.28. The Morgan fingerprint density at radius 3 is 2.79 bits per heavy atom. The first kappa shape index (κ1) is 22.0. The molecule has 0 aliphatic carbocycles. The monoisotopic (exact) mass is 460 g/mol. The van der Waals surface area contributed by atoms with E-state index in [0.29, 0.717) is 22.9 Å². The lowest BCUT2D eigenvalue weighted by molar-refractivity contribution is -0.122. The van der Waals surface area contributed by atoms with Crippen LogP contribution in [-0.4, -0.2) is 42.1 Å². The first-order valence-electron chi connectivity index (χ1n) is 11.6. The van der Waals surface area contributed by atoms with Gasteiger partial charge >= 0.3 is 0 Å². The zero-order valence-corrected chi connectivity index (χ0v) is 19.4. The Hall–Kier alpha value is -3.81. The third-order valence-electron chi connectivity index (χ3n) is 6.51. The Bertz CT molecular complexity index is 1210. The first-order chi connectivity index (χ1) is 16.6. The molecule has 1 fully saturated rings. The van der Waals surface area contributed by atoms with Gasteiger partial charge in [-0.1, -0.05) is 12.1 Å². The molecule has 0 spiro atoms. The number of nitrogens with one attached hydrogen (secondary N) is 1. The minimum Gasteiger partial charge on any atom is -0.497 e. The highest BCUT2D eigenvalue weighted by Crippen LogP contribution is 2.36. The van der Waals surface area contributed by atoms with Gasteiger partial charge in [0, 0.05) is 49.4 Å². The van der Waals surface area contributed by atoms with Gasteiger partial charge in [0.1, 0.15) is 17.3 Å². The van der Waals surface area contributed by atoms with Crippen molar-refractivity contribution >= 4 is 23.2 Å². The summed E-state index contributed by atoms with van der Waals surface area (Å²) >= 11 is 0. The maximum atomic E-state index is 13.1. The summed E-state index contributed by atoms with van der Waals surface area (Å²) in [6.07, 6.45) is 5.58. The summed E-state index contributed by atoms with van der Waals surface area (Å²) in [5.41, 5.74) is 3.18. The first-order valence-corrected chi connectivity index (χ1v) is 11.6. The summed E-state index contributed by atoms with van der Waals surface area (Å²) in [5.74, 6) is 1.53. The fraction of sp³-hybridized carbons (Fsp3) is 0.346. The third-order valence-corrected chi connectivity index (χ3v) is 6.51. The summed E-state index contributed by atoms with van der Waals surface area (Å²) in [7, 11) is 3.13. The molecule has 2 amide bonds. The molecule has 0 radical (unpaired) electrons. The Morgan fingerprint density at radius 2 is 2.00 bits per heavy atom. The average Bonchev–Trinajstić information content (AvgIpc) is 3.47. The fourth-order valence-corrected chi connectivity index (χ4v) is 4.68. The van der Waals surface area contributed by atoms with Gasteiger partial charge in [0.2, 0.25) is 11.8 Å². The van der Waals surface area contributed by atoms with Crippen LogP contribution in [0.15, 0.2) is 48.7 Å². The van der Waals surface area contributed by atoms with E-state index in [9.17, 15) is 9.59 Å². The van der Waals surface area contributed by atoms with Crippen molar-refractivity contribution in [1.82, 2.24) is 9.55 Å².